The number of aromatic nitrogens is 5. The first-order valence-electron chi connectivity index (χ1n) is 9.81. The summed E-state index contributed by atoms with van der Waals surface area (Å²) in [5, 5.41) is 13.0. The molecule has 8 heteroatoms. The number of rotatable bonds is 6. The van der Waals surface area contributed by atoms with Crippen molar-refractivity contribution in [1.82, 2.24) is 29.9 Å². The van der Waals surface area contributed by atoms with Crippen molar-refractivity contribution in [2.24, 2.45) is 0 Å². The molecule has 1 saturated heterocycles. The van der Waals surface area contributed by atoms with Gasteiger partial charge in [0.05, 0.1) is 18.8 Å². The third kappa shape index (κ3) is 3.60. The van der Waals surface area contributed by atoms with Crippen LogP contribution in [0.15, 0.2) is 45.9 Å². The molecule has 2 fully saturated rings. The van der Waals surface area contributed by atoms with E-state index in [9.17, 15) is 4.79 Å². The lowest BCUT2D eigenvalue weighted by Gasteiger charge is -2.23. The second-order valence-corrected chi connectivity index (χ2v) is 7.55. The van der Waals surface area contributed by atoms with Gasteiger partial charge in [0, 0.05) is 36.0 Å². The molecule has 1 unspecified atom stereocenters. The highest BCUT2D eigenvalue weighted by Gasteiger charge is 2.31. The van der Waals surface area contributed by atoms with E-state index in [4.69, 9.17) is 4.42 Å². The van der Waals surface area contributed by atoms with Crippen LogP contribution in [0.1, 0.15) is 43.4 Å². The fraction of sp³-hybridized carbons (Fsp3) is 0.450. The Balaban J connectivity index is 1.32. The molecule has 1 aliphatic carbocycles. The summed E-state index contributed by atoms with van der Waals surface area (Å²) in [7, 11) is 0. The van der Waals surface area contributed by atoms with Crippen molar-refractivity contribution in [3.05, 3.63) is 58.8 Å². The molecule has 0 aromatic carbocycles. The lowest BCUT2D eigenvalue weighted by Crippen LogP contribution is -2.36. The number of nitrogens with zero attached hydrogens (tertiary/aromatic N) is 6. The van der Waals surface area contributed by atoms with Gasteiger partial charge in [-0.2, -0.15) is 5.10 Å². The van der Waals surface area contributed by atoms with Crippen LogP contribution in [0.4, 0.5) is 0 Å². The molecule has 4 heterocycles. The third-order valence-electron chi connectivity index (χ3n) is 5.47. The molecule has 2 aliphatic rings. The van der Waals surface area contributed by atoms with E-state index in [1.165, 1.54) is 0 Å². The summed E-state index contributed by atoms with van der Waals surface area (Å²) in [4.78, 5) is 18.7. The number of pyridine rings is 1. The molecule has 0 bridgehead atoms. The maximum absolute atomic E-state index is 12.4. The molecule has 5 rings (SSSR count). The van der Waals surface area contributed by atoms with Crippen LogP contribution in [0.5, 0.6) is 0 Å². The predicted octanol–water partition coefficient (Wildman–Crippen LogP) is 2.23. The van der Waals surface area contributed by atoms with Crippen LogP contribution in [0, 0.1) is 0 Å². The fourth-order valence-electron chi connectivity index (χ4n) is 3.77. The number of hydrogen-bond acceptors (Lipinski definition) is 7. The molecule has 3 aromatic rings. The first kappa shape index (κ1) is 17.2. The molecular weight excluding hydrogens is 356 g/mol. The van der Waals surface area contributed by atoms with Crippen LogP contribution in [0.2, 0.25) is 0 Å². The zero-order valence-corrected chi connectivity index (χ0v) is 15.6. The standard InChI is InChI=1S/C20H22N6O2/c27-19-6-5-17(14-7-9-21-10-8-14)24-26(19)12-16-2-1-11-25(16)13-18-22-23-20(28-18)15-3-4-15/h5-10,15-16H,1-4,11-13H2. The maximum atomic E-state index is 12.4. The van der Waals surface area contributed by atoms with Gasteiger partial charge in [0.2, 0.25) is 11.8 Å². The second-order valence-electron chi connectivity index (χ2n) is 7.55. The lowest BCUT2D eigenvalue weighted by atomic mass is 10.2. The van der Waals surface area contributed by atoms with Crippen molar-refractivity contribution >= 4 is 0 Å². The Morgan fingerprint density at radius 1 is 1.07 bits per heavy atom. The summed E-state index contributed by atoms with van der Waals surface area (Å²) < 4.78 is 7.39. The fourth-order valence-corrected chi connectivity index (χ4v) is 3.77. The van der Waals surface area contributed by atoms with Crippen LogP contribution >= 0.6 is 0 Å². The minimum atomic E-state index is -0.0848. The van der Waals surface area contributed by atoms with E-state index in [2.05, 4.69) is 25.2 Å². The van der Waals surface area contributed by atoms with E-state index in [1.807, 2.05) is 12.1 Å². The van der Waals surface area contributed by atoms with E-state index in [-0.39, 0.29) is 11.6 Å². The monoisotopic (exact) mass is 378 g/mol. The Labute approximate surface area is 162 Å². The average Bonchev–Trinajstić information content (AvgIpc) is 3.32. The second kappa shape index (κ2) is 7.27. The van der Waals surface area contributed by atoms with Gasteiger partial charge in [0.15, 0.2) is 0 Å². The first-order chi connectivity index (χ1) is 13.8. The predicted molar refractivity (Wildman–Crippen MR) is 101 cm³/mol. The van der Waals surface area contributed by atoms with Crippen LogP contribution in [0.3, 0.4) is 0 Å². The quantitative estimate of drug-likeness (QED) is 0.650. The van der Waals surface area contributed by atoms with E-state index < -0.39 is 0 Å². The third-order valence-corrected chi connectivity index (χ3v) is 5.47. The highest BCUT2D eigenvalue weighted by Crippen LogP contribution is 2.39. The molecule has 3 aromatic heterocycles. The highest BCUT2D eigenvalue weighted by molar-refractivity contribution is 5.56. The zero-order valence-electron chi connectivity index (χ0n) is 15.6. The van der Waals surface area contributed by atoms with E-state index in [0.717, 1.165) is 49.4 Å². The van der Waals surface area contributed by atoms with Crippen molar-refractivity contribution in [3.8, 4) is 11.3 Å². The topological polar surface area (TPSA) is 89.9 Å². The Kier molecular flexibility index (Phi) is 4.48. The largest absolute Gasteiger partial charge is 0.424 e. The van der Waals surface area contributed by atoms with Gasteiger partial charge in [-0.1, -0.05) is 0 Å². The van der Waals surface area contributed by atoms with Crippen LogP contribution in [-0.2, 0) is 13.1 Å². The van der Waals surface area contributed by atoms with Crippen molar-refractivity contribution in [2.75, 3.05) is 6.54 Å². The van der Waals surface area contributed by atoms with Crippen molar-refractivity contribution in [3.63, 3.8) is 0 Å². The van der Waals surface area contributed by atoms with Gasteiger partial charge in [-0.25, -0.2) is 4.68 Å². The van der Waals surface area contributed by atoms with Crippen LogP contribution in [0.25, 0.3) is 11.3 Å². The maximum Gasteiger partial charge on any atom is 0.266 e. The number of hydrogen-bond donors (Lipinski definition) is 0. The van der Waals surface area contributed by atoms with Gasteiger partial charge >= 0.3 is 0 Å². The smallest absolute Gasteiger partial charge is 0.266 e. The van der Waals surface area contributed by atoms with Gasteiger partial charge in [-0.3, -0.25) is 14.7 Å². The lowest BCUT2D eigenvalue weighted by molar-refractivity contribution is 0.196. The van der Waals surface area contributed by atoms with Gasteiger partial charge in [0.1, 0.15) is 0 Å². The summed E-state index contributed by atoms with van der Waals surface area (Å²) in [6.07, 6.45) is 7.87. The first-order valence-corrected chi connectivity index (χ1v) is 9.81. The van der Waals surface area contributed by atoms with Crippen LogP contribution < -0.4 is 5.56 Å². The molecule has 0 radical (unpaired) electrons. The molecule has 1 aliphatic heterocycles. The van der Waals surface area contributed by atoms with Gasteiger partial charge in [-0.05, 0) is 50.4 Å². The van der Waals surface area contributed by atoms with E-state index in [1.54, 1.807) is 29.2 Å². The minimum Gasteiger partial charge on any atom is -0.424 e. The SMILES string of the molecule is O=c1ccc(-c2ccncc2)nn1CC1CCCN1Cc1nnc(C2CC2)o1. The molecule has 1 saturated carbocycles. The molecule has 0 amide bonds. The molecule has 1 atom stereocenters. The van der Waals surface area contributed by atoms with E-state index >= 15 is 0 Å². The molecule has 0 N–H and O–H groups in total. The summed E-state index contributed by atoms with van der Waals surface area (Å²) >= 11 is 0. The van der Waals surface area contributed by atoms with Crippen molar-refractivity contribution in [2.45, 2.75) is 50.7 Å². The highest BCUT2D eigenvalue weighted by atomic mass is 16.4. The number of likely N-dealkylation sites (tertiary alicyclic amines) is 1. The summed E-state index contributed by atoms with van der Waals surface area (Å²) in [5.74, 6) is 1.91. The Morgan fingerprint density at radius 2 is 1.93 bits per heavy atom. The Morgan fingerprint density at radius 3 is 2.75 bits per heavy atom. The molecule has 144 valence electrons. The van der Waals surface area contributed by atoms with Gasteiger partial charge in [0.25, 0.3) is 5.56 Å². The van der Waals surface area contributed by atoms with Crippen molar-refractivity contribution in [1.29, 1.82) is 0 Å². The summed E-state index contributed by atoms with van der Waals surface area (Å²) in [6.45, 7) is 2.15. The molecule has 28 heavy (non-hydrogen) atoms. The van der Waals surface area contributed by atoms with Gasteiger partial charge in [-0.15, -0.1) is 10.2 Å². The minimum absolute atomic E-state index is 0.0848. The molecular formula is C20H22N6O2. The Bertz CT molecular complexity index is 1010. The van der Waals surface area contributed by atoms with Gasteiger partial charge < -0.3 is 4.42 Å². The normalized spacial score (nSPS) is 19.9. The van der Waals surface area contributed by atoms with Crippen molar-refractivity contribution < 1.29 is 4.42 Å². The van der Waals surface area contributed by atoms with E-state index in [0.29, 0.717) is 24.9 Å². The average molecular weight is 378 g/mol. The van der Waals surface area contributed by atoms with Crippen LogP contribution in [-0.4, -0.2) is 42.4 Å². The summed E-state index contributed by atoms with van der Waals surface area (Å²) in [5.41, 5.74) is 1.64. The summed E-state index contributed by atoms with van der Waals surface area (Å²) in [6, 6.07) is 7.37. The molecule has 0 spiro atoms. The Hall–Kier alpha value is -2.87. The molecule has 8 nitrogen and oxygen atoms in total. The zero-order chi connectivity index (χ0) is 18.9.